The fraction of sp³-hybridized carbons (Fsp3) is 0.167. The Morgan fingerprint density at radius 3 is 2.36 bits per heavy atom. The topological polar surface area (TPSA) is 113 Å². The van der Waals surface area contributed by atoms with Crippen molar-refractivity contribution >= 4 is 39.2 Å². The van der Waals surface area contributed by atoms with Crippen LogP contribution in [-0.4, -0.2) is 50.0 Å². The number of carboxylic acid groups (broad SMARTS) is 1. The zero-order valence-electron chi connectivity index (χ0n) is 18.5. The molecule has 0 bridgehead atoms. The van der Waals surface area contributed by atoms with Gasteiger partial charge in [-0.05, 0) is 30.2 Å². The Labute approximate surface area is 210 Å². The van der Waals surface area contributed by atoms with Crippen LogP contribution in [0.2, 0.25) is 5.02 Å². The van der Waals surface area contributed by atoms with Crippen molar-refractivity contribution in [1.29, 1.82) is 0 Å². The second kappa shape index (κ2) is 10.1. The molecule has 3 aromatic rings. The first-order valence-electron chi connectivity index (χ1n) is 10.6. The molecule has 12 heteroatoms. The molecule has 1 heterocycles. The minimum absolute atomic E-state index is 0.0585. The molecule has 3 aromatic carbocycles. The molecule has 0 spiro atoms. The third-order valence-corrected chi connectivity index (χ3v) is 7.07. The predicted octanol–water partition coefficient (Wildman–Crippen LogP) is 4.40. The highest BCUT2D eigenvalue weighted by Gasteiger charge is 2.29. The van der Waals surface area contributed by atoms with Crippen molar-refractivity contribution in [2.75, 3.05) is 24.4 Å². The summed E-state index contributed by atoms with van der Waals surface area (Å²) >= 11 is 6.19. The summed E-state index contributed by atoms with van der Waals surface area (Å²) in [4.78, 5) is 24.5. The highest BCUT2D eigenvalue weighted by molar-refractivity contribution is 7.92. The maximum absolute atomic E-state index is 14.6. The average Bonchev–Trinajstić information content (AvgIpc) is 2.78. The number of rotatable bonds is 8. The minimum Gasteiger partial charge on any atom is -0.479 e. The molecule has 36 heavy (non-hydrogen) atoms. The quantitative estimate of drug-likeness (QED) is 0.441. The number of aliphatic carboxylic acids is 1. The maximum Gasteiger partial charge on any atom is 0.341 e. The number of benzene rings is 3. The summed E-state index contributed by atoms with van der Waals surface area (Å²) in [5.74, 6) is -4.51. The van der Waals surface area contributed by atoms with E-state index in [2.05, 4.69) is 0 Å². The van der Waals surface area contributed by atoms with Gasteiger partial charge in [0, 0.05) is 30.3 Å². The Morgan fingerprint density at radius 2 is 1.75 bits per heavy atom. The molecule has 0 unspecified atom stereocenters. The van der Waals surface area contributed by atoms with Gasteiger partial charge in [-0.3, -0.25) is 9.52 Å². The second-order valence-electron chi connectivity index (χ2n) is 7.90. The van der Waals surface area contributed by atoms with Crippen LogP contribution in [0.3, 0.4) is 0 Å². The van der Waals surface area contributed by atoms with Crippen LogP contribution in [0.1, 0.15) is 16.8 Å². The van der Waals surface area contributed by atoms with E-state index in [1.807, 2.05) is 4.72 Å². The Kier molecular flexibility index (Phi) is 7.14. The van der Waals surface area contributed by atoms with E-state index >= 15 is 0 Å². The van der Waals surface area contributed by atoms with Gasteiger partial charge in [0.05, 0.1) is 10.7 Å². The normalized spacial score (nSPS) is 13.1. The molecule has 1 aliphatic heterocycles. The molecule has 2 N–H and O–H groups in total. The number of hydrogen-bond donors (Lipinski definition) is 2. The number of carboxylic acids is 1. The van der Waals surface area contributed by atoms with E-state index in [1.54, 1.807) is 30.3 Å². The van der Waals surface area contributed by atoms with Crippen LogP contribution >= 0.6 is 11.6 Å². The Balaban J connectivity index is 1.78. The van der Waals surface area contributed by atoms with E-state index in [1.165, 1.54) is 11.0 Å². The molecule has 1 saturated heterocycles. The molecule has 0 atom stereocenters. The first-order valence-corrected chi connectivity index (χ1v) is 12.5. The highest BCUT2D eigenvalue weighted by atomic mass is 35.5. The number of carbonyl (C=O) groups excluding carboxylic acids is 1. The number of likely N-dealkylation sites (tertiary alicyclic amines) is 1. The molecular weight excluding hydrogens is 518 g/mol. The van der Waals surface area contributed by atoms with Crippen LogP contribution in [0.25, 0.3) is 11.1 Å². The van der Waals surface area contributed by atoms with E-state index < -0.39 is 56.5 Å². The van der Waals surface area contributed by atoms with E-state index in [0.717, 1.165) is 18.6 Å². The van der Waals surface area contributed by atoms with Crippen molar-refractivity contribution in [3.8, 4) is 16.9 Å². The van der Waals surface area contributed by atoms with Crippen LogP contribution in [0, 0.1) is 11.6 Å². The number of halogens is 3. The number of nitrogens with zero attached hydrogens (tertiary/aromatic N) is 1. The van der Waals surface area contributed by atoms with Gasteiger partial charge in [0.15, 0.2) is 12.4 Å². The molecule has 4 rings (SSSR count). The van der Waals surface area contributed by atoms with E-state index in [9.17, 15) is 26.8 Å². The first-order chi connectivity index (χ1) is 17.1. The number of ether oxygens (including phenoxy) is 1. The molecule has 1 amide bonds. The largest absolute Gasteiger partial charge is 0.479 e. The van der Waals surface area contributed by atoms with Gasteiger partial charge in [-0.1, -0.05) is 41.9 Å². The summed E-state index contributed by atoms with van der Waals surface area (Å²) < 4.78 is 62.9. The van der Waals surface area contributed by atoms with Crippen LogP contribution < -0.4 is 9.46 Å². The van der Waals surface area contributed by atoms with Gasteiger partial charge in [-0.25, -0.2) is 22.0 Å². The SMILES string of the molecule is O=C(O)COc1c(Cl)cc(C(=O)N2CCC2)cc1S(=O)(=O)Nc1cc(-c2ccccc2)c(F)cc1F. The standard InChI is InChI=1S/C24H19ClF2N2O6S/c25-17-9-15(24(32)29-7-4-8-29)10-21(23(17)35-13-22(30)31)36(33,34)28-20-11-16(18(26)12-19(20)27)14-5-2-1-3-6-14/h1-3,5-6,9-12,28H,4,7-8,13H2,(H,30,31). The maximum atomic E-state index is 14.6. The van der Waals surface area contributed by atoms with Gasteiger partial charge >= 0.3 is 5.97 Å². The van der Waals surface area contributed by atoms with E-state index in [4.69, 9.17) is 21.4 Å². The Morgan fingerprint density at radius 1 is 1.06 bits per heavy atom. The fourth-order valence-corrected chi connectivity index (χ4v) is 5.11. The third kappa shape index (κ3) is 5.26. The number of amides is 1. The number of sulfonamides is 1. The Bertz CT molecular complexity index is 1450. The Hall–Kier alpha value is -3.70. The van der Waals surface area contributed by atoms with Gasteiger partial charge in [0.25, 0.3) is 15.9 Å². The highest BCUT2D eigenvalue weighted by Crippen LogP contribution is 2.37. The van der Waals surface area contributed by atoms with Crippen molar-refractivity contribution in [2.45, 2.75) is 11.3 Å². The van der Waals surface area contributed by atoms with E-state index in [0.29, 0.717) is 24.7 Å². The minimum atomic E-state index is -4.70. The predicted molar refractivity (Wildman–Crippen MR) is 128 cm³/mol. The van der Waals surface area contributed by atoms with Crippen LogP contribution in [0.4, 0.5) is 14.5 Å². The lowest BCUT2D eigenvalue weighted by Crippen LogP contribution is -2.42. The number of hydrogen-bond acceptors (Lipinski definition) is 5. The summed E-state index contributed by atoms with van der Waals surface area (Å²) in [5.41, 5.74) is -0.328. The van der Waals surface area contributed by atoms with Crippen LogP contribution in [-0.2, 0) is 14.8 Å². The van der Waals surface area contributed by atoms with Crippen LogP contribution in [0.15, 0.2) is 59.5 Å². The number of carbonyl (C=O) groups is 2. The van der Waals surface area contributed by atoms with E-state index in [-0.39, 0.29) is 16.1 Å². The van der Waals surface area contributed by atoms with Crippen molar-refractivity contribution < 1.29 is 36.6 Å². The third-order valence-electron chi connectivity index (χ3n) is 5.42. The van der Waals surface area contributed by atoms with Gasteiger partial charge in [0.2, 0.25) is 0 Å². The molecule has 0 saturated carbocycles. The van der Waals surface area contributed by atoms with Gasteiger partial charge < -0.3 is 14.7 Å². The molecular formula is C24H19ClF2N2O6S. The zero-order chi connectivity index (χ0) is 26.0. The monoisotopic (exact) mass is 536 g/mol. The molecule has 0 radical (unpaired) electrons. The smallest absolute Gasteiger partial charge is 0.341 e. The summed E-state index contributed by atoms with van der Waals surface area (Å²) in [6.45, 7) is 0.0406. The molecule has 1 aliphatic rings. The van der Waals surface area contributed by atoms with Crippen molar-refractivity contribution in [1.82, 2.24) is 4.90 Å². The molecule has 8 nitrogen and oxygen atoms in total. The fourth-order valence-electron chi connectivity index (χ4n) is 3.53. The second-order valence-corrected chi connectivity index (χ2v) is 9.95. The van der Waals surface area contributed by atoms with Gasteiger partial charge in [0.1, 0.15) is 16.5 Å². The molecule has 1 fully saturated rings. The molecule has 188 valence electrons. The molecule has 0 aliphatic carbocycles. The number of nitrogens with one attached hydrogen (secondary N) is 1. The summed E-state index contributed by atoms with van der Waals surface area (Å²) in [6, 6.07) is 11.8. The zero-order valence-corrected chi connectivity index (χ0v) is 20.1. The summed E-state index contributed by atoms with van der Waals surface area (Å²) in [5, 5.41) is 8.65. The lowest BCUT2D eigenvalue weighted by atomic mass is 10.0. The first kappa shape index (κ1) is 25.4. The van der Waals surface area contributed by atoms with Crippen molar-refractivity contribution in [2.24, 2.45) is 0 Å². The lowest BCUT2D eigenvalue weighted by molar-refractivity contribution is -0.139. The van der Waals surface area contributed by atoms with Gasteiger partial charge in [-0.15, -0.1) is 0 Å². The lowest BCUT2D eigenvalue weighted by Gasteiger charge is -2.31. The van der Waals surface area contributed by atoms with Crippen LogP contribution in [0.5, 0.6) is 5.75 Å². The number of anilines is 1. The summed E-state index contributed by atoms with van der Waals surface area (Å²) in [7, 11) is -4.70. The van der Waals surface area contributed by atoms with Crippen molar-refractivity contribution in [3.63, 3.8) is 0 Å². The average molecular weight is 537 g/mol. The van der Waals surface area contributed by atoms with Gasteiger partial charge in [-0.2, -0.15) is 0 Å². The molecule has 0 aromatic heterocycles. The summed E-state index contributed by atoms with van der Waals surface area (Å²) in [6.07, 6.45) is 0.791. The van der Waals surface area contributed by atoms with Crippen molar-refractivity contribution in [3.05, 3.63) is 76.8 Å².